The Hall–Kier alpha value is -0.820. The van der Waals surface area contributed by atoms with E-state index in [1.165, 1.54) is 0 Å². The Balaban J connectivity index is 1.76. The third-order valence-corrected chi connectivity index (χ3v) is 6.29. The molecule has 23 heavy (non-hydrogen) atoms. The van der Waals surface area contributed by atoms with E-state index in [0.29, 0.717) is 31.3 Å². The van der Waals surface area contributed by atoms with E-state index < -0.39 is 15.4 Å². The summed E-state index contributed by atoms with van der Waals surface area (Å²) >= 11 is 0. The van der Waals surface area contributed by atoms with Gasteiger partial charge < -0.3 is 15.4 Å². The molecule has 134 valence electrons. The van der Waals surface area contributed by atoms with Crippen LogP contribution in [0.5, 0.6) is 0 Å². The minimum absolute atomic E-state index is 0.283. The molecular weight excluding hydrogens is 316 g/mol. The highest BCUT2D eigenvalue weighted by Gasteiger charge is 2.32. The SMILES string of the molecule is CC(C)(C)OC(=O)NCC1CCCC1NC1CCS(=O)(=O)CC1. The van der Waals surface area contributed by atoms with Crippen molar-refractivity contribution in [3.63, 3.8) is 0 Å². The third kappa shape index (κ3) is 6.30. The minimum atomic E-state index is -2.82. The zero-order valence-electron chi connectivity index (χ0n) is 14.4. The van der Waals surface area contributed by atoms with Crippen LogP contribution >= 0.6 is 0 Å². The molecule has 2 aliphatic rings. The number of sulfone groups is 1. The molecule has 0 aromatic heterocycles. The maximum atomic E-state index is 11.8. The average molecular weight is 346 g/mol. The second-order valence-electron chi connectivity index (χ2n) is 7.77. The van der Waals surface area contributed by atoms with Crippen molar-refractivity contribution >= 4 is 15.9 Å². The number of nitrogens with one attached hydrogen (secondary N) is 2. The van der Waals surface area contributed by atoms with E-state index in [-0.39, 0.29) is 23.6 Å². The van der Waals surface area contributed by atoms with Crippen LogP contribution in [-0.2, 0) is 14.6 Å². The van der Waals surface area contributed by atoms with Gasteiger partial charge in [-0.2, -0.15) is 0 Å². The van der Waals surface area contributed by atoms with Crippen molar-refractivity contribution < 1.29 is 17.9 Å². The Labute approximate surface area is 139 Å². The fraction of sp³-hybridized carbons (Fsp3) is 0.938. The normalized spacial score (nSPS) is 28.5. The molecule has 7 heteroatoms. The standard InChI is InChI=1S/C16H30N2O4S/c1-16(2,3)22-15(19)17-11-12-5-4-6-14(12)18-13-7-9-23(20,21)10-8-13/h12-14,18H,4-11H2,1-3H3,(H,17,19). The van der Waals surface area contributed by atoms with E-state index in [4.69, 9.17) is 4.74 Å². The topological polar surface area (TPSA) is 84.5 Å². The number of hydrogen-bond donors (Lipinski definition) is 2. The Morgan fingerprint density at radius 2 is 1.78 bits per heavy atom. The van der Waals surface area contributed by atoms with Crippen molar-refractivity contribution in [1.29, 1.82) is 0 Å². The van der Waals surface area contributed by atoms with Crippen molar-refractivity contribution in [2.75, 3.05) is 18.1 Å². The molecule has 0 aromatic carbocycles. The van der Waals surface area contributed by atoms with Crippen molar-refractivity contribution in [2.24, 2.45) is 5.92 Å². The van der Waals surface area contributed by atoms with Gasteiger partial charge in [0.25, 0.3) is 0 Å². The van der Waals surface area contributed by atoms with Gasteiger partial charge in [0.2, 0.25) is 0 Å². The number of ether oxygens (including phenoxy) is 1. The van der Waals surface area contributed by atoms with Crippen LogP contribution in [0, 0.1) is 5.92 Å². The lowest BCUT2D eigenvalue weighted by atomic mass is 10.0. The number of carbonyl (C=O) groups excluding carboxylic acids is 1. The lowest BCUT2D eigenvalue weighted by molar-refractivity contribution is 0.0517. The molecule has 0 aromatic rings. The van der Waals surface area contributed by atoms with Gasteiger partial charge in [0, 0.05) is 18.6 Å². The highest BCUT2D eigenvalue weighted by Crippen LogP contribution is 2.27. The molecule has 2 atom stereocenters. The fourth-order valence-electron chi connectivity index (χ4n) is 3.39. The van der Waals surface area contributed by atoms with Crippen LogP contribution in [0.1, 0.15) is 52.9 Å². The van der Waals surface area contributed by atoms with Crippen LogP contribution in [0.4, 0.5) is 4.79 Å². The largest absolute Gasteiger partial charge is 0.444 e. The monoisotopic (exact) mass is 346 g/mol. The Bertz CT molecular complexity index is 499. The zero-order valence-corrected chi connectivity index (χ0v) is 15.2. The van der Waals surface area contributed by atoms with Crippen molar-refractivity contribution in [3.05, 3.63) is 0 Å². The van der Waals surface area contributed by atoms with Gasteiger partial charge >= 0.3 is 6.09 Å². The zero-order chi connectivity index (χ0) is 17.1. The summed E-state index contributed by atoms with van der Waals surface area (Å²) in [6.07, 6.45) is 4.34. The van der Waals surface area contributed by atoms with Crippen LogP contribution < -0.4 is 10.6 Å². The number of rotatable bonds is 4. The molecule has 1 saturated carbocycles. The average Bonchev–Trinajstić information content (AvgIpc) is 2.84. The summed E-state index contributed by atoms with van der Waals surface area (Å²) in [6.45, 7) is 6.16. The molecule has 1 aliphatic heterocycles. The van der Waals surface area contributed by atoms with Gasteiger partial charge in [-0.1, -0.05) is 6.42 Å². The number of amides is 1. The van der Waals surface area contributed by atoms with Crippen LogP contribution in [0.3, 0.4) is 0 Å². The van der Waals surface area contributed by atoms with Crippen LogP contribution in [-0.4, -0.2) is 50.2 Å². The van der Waals surface area contributed by atoms with Gasteiger partial charge in [-0.15, -0.1) is 0 Å². The number of carbonyl (C=O) groups is 1. The molecular formula is C16H30N2O4S. The molecule has 2 N–H and O–H groups in total. The first-order valence-corrected chi connectivity index (χ1v) is 10.4. The lowest BCUT2D eigenvalue weighted by Gasteiger charge is -2.30. The van der Waals surface area contributed by atoms with E-state index in [9.17, 15) is 13.2 Å². The van der Waals surface area contributed by atoms with Crippen LogP contribution in [0.2, 0.25) is 0 Å². The molecule has 2 unspecified atom stereocenters. The smallest absolute Gasteiger partial charge is 0.407 e. The van der Waals surface area contributed by atoms with Gasteiger partial charge in [0.1, 0.15) is 15.4 Å². The van der Waals surface area contributed by atoms with Crippen molar-refractivity contribution in [2.45, 2.75) is 70.6 Å². The lowest BCUT2D eigenvalue weighted by Crippen LogP contribution is -2.47. The molecule has 1 amide bonds. The third-order valence-electron chi connectivity index (χ3n) is 4.57. The summed E-state index contributed by atoms with van der Waals surface area (Å²) in [7, 11) is -2.82. The second-order valence-corrected chi connectivity index (χ2v) is 10.1. The Morgan fingerprint density at radius 3 is 2.39 bits per heavy atom. The van der Waals surface area contributed by atoms with E-state index in [0.717, 1.165) is 19.3 Å². The van der Waals surface area contributed by atoms with Gasteiger partial charge in [-0.05, 0) is 52.4 Å². The maximum Gasteiger partial charge on any atom is 0.407 e. The molecule has 0 radical (unpaired) electrons. The molecule has 2 fully saturated rings. The highest BCUT2D eigenvalue weighted by atomic mass is 32.2. The summed E-state index contributed by atoms with van der Waals surface area (Å²) < 4.78 is 28.3. The molecule has 0 spiro atoms. The quantitative estimate of drug-likeness (QED) is 0.811. The Morgan fingerprint density at radius 1 is 1.13 bits per heavy atom. The first kappa shape index (κ1) is 18.5. The van der Waals surface area contributed by atoms with Gasteiger partial charge in [-0.25, -0.2) is 13.2 Å². The van der Waals surface area contributed by atoms with Gasteiger partial charge in [-0.3, -0.25) is 0 Å². The fourth-order valence-corrected chi connectivity index (χ4v) is 4.88. The van der Waals surface area contributed by atoms with Crippen molar-refractivity contribution in [3.8, 4) is 0 Å². The summed E-state index contributed by atoms with van der Waals surface area (Å²) in [4.78, 5) is 11.8. The predicted molar refractivity (Wildman–Crippen MR) is 90.2 cm³/mol. The van der Waals surface area contributed by atoms with Gasteiger partial charge in [0.15, 0.2) is 0 Å². The van der Waals surface area contributed by atoms with Crippen LogP contribution in [0.15, 0.2) is 0 Å². The highest BCUT2D eigenvalue weighted by molar-refractivity contribution is 7.91. The molecule has 1 aliphatic carbocycles. The molecule has 1 heterocycles. The van der Waals surface area contributed by atoms with E-state index in [2.05, 4.69) is 10.6 Å². The molecule has 2 rings (SSSR count). The van der Waals surface area contributed by atoms with E-state index in [1.807, 2.05) is 20.8 Å². The van der Waals surface area contributed by atoms with Gasteiger partial charge in [0.05, 0.1) is 11.5 Å². The van der Waals surface area contributed by atoms with E-state index >= 15 is 0 Å². The first-order valence-electron chi connectivity index (χ1n) is 8.58. The molecule has 0 bridgehead atoms. The number of hydrogen-bond acceptors (Lipinski definition) is 5. The molecule has 6 nitrogen and oxygen atoms in total. The Kier molecular flexibility index (Phi) is 5.94. The first-order chi connectivity index (χ1) is 10.6. The summed E-state index contributed by atoms with van der Waals surface area (Å²) in [5.74, 6) is 0.970. The number of alkyl carbamates (subject to hydrolysis) is 1. The van der Waals surface area contributed by atoms with E-state index in [1.54, 1.807) is 0 Å². The predicted octanol–water partition coefficient (Wildman–Crippen LogP) is 1.85. The summed E-state index contributed by atoms with van der Waals surface area (Å²) in [6, 6.07) is 0.640. The maximum absolute atomic E-state index is 11.8. The minimum Gasteiger partial charge on any atom is -0.444 e. The summed E-state index contributed by atoms with van der Waals surface area (Å²) in [5.41, 5.74) is -0.481. The van der Waals surface area contributed by atoms with Crippen molar-refractivity contribution in [1.82, 2.24) is 10.6 Å². The van der Waals surface area contributed by atoms with Crippen LogP contribution in [0.25, 0.3) is 0 Å². The second kappa shape index (κ2) is 7.38. The molecule has 1 saturated heterocycles. The summed E-state index contributed by atoms with van der Waals surface area (Å²) in [5, 5.41) is 6.49.